The van der Waals surface area contributed by atoms with E-state index in [1.165, 1.54) is 25.7 Å². The summed E-state index contributed by atoms with van der Waals surface area (Å²) in [5, 5.41) is 6.59. The number of rotatable bonds is 5. The highest BCUT2D eigenvalue weighted by molar-refractivity contribution is 5.81. The topological polar surface area (TPSA) is 44.4 Å². The summed E-state index contributed by atoms with van der Waals surface area (Å²) in [4.78, 5) is 14.7. The van der Waals surface area contributed by atoms with E-state index in [9.17, 15) is 4.79 Å². The number of likely N-dealkylation sites (tertiary alicyclic amines) is 1. The van der Waals surface area contributed by atoms with Crippen molar-refractivity contribution in [2.75, 3.05) is 20.1 Å². The summed E-state index contributed by atoms with van der Waals surface area (Å²) in [7, 11) is 2.03. The Morgan fingerprint density at radius 3 is 2.50 bits per heavy atom. The lowest BCUT2D eigenvalue weighted by atomic mass is 9.91. The number of hydrogen-bond donors (Lipinski definition) is 2. The van der Waals surface area contributed by atoms with Gasteiger partial charge in [0.2, 0.25) is 5.91 Å². The predicted molar refractivity (Wildman–Crippen MR) is 82.7 cm³/mol. The van der Waals surface area contributed by atoms with E-state index in [-0.39, 0.29) is 11.9 Å². The van der Waals surface area contributed by atoms with Gasteiger partial charge in [0, 0.05) is 18.6 Å². The van der Waals surface area contributed by atoms with Gasteiger partial charge >= 0.3 is 0 Å². The molecule has 1 saturated carbocycles. The van der Waals surface area contributed by atoms with E-state index in [0.717, 1.165) is 25.9 Å². The molecule has 3 atom stereocenters. The number of amides is 1. The monoisotopic (exact) mass is 281 g/mol. The van der Waals surface area contributed by atoms with E-state index in [1.54, 1.807) is 0 Å². The van der Waals surface area contributed by atoms with Crippen molar-refractivity contribution in [3.63, 3.8) is 0 Å². The fourth-order valence-electron chi connectivity index (χ4n) is 3.59. The van der Waals surface area contributed by atoms with E-state index < -0.39 is 0 Å². The van der Waals surface area contributed by atoms with Crippen LogP contribution < -0.4 is 10.6 Å². The first-order chi connectivity index (χ1) is 9.61. The summed E-state index contributed by atoms with van der Waals surface area (Å²) < 4.78 is 0. The lowest BCUT2D eigenvalue weighted by Gasteiger charge is -2.38. The van der Waals surface area contributed by atoms with Crippen LogP contribution in [0, 0.1) is 5.92 Å². The molecule has 1 heterocycles. The van der Waals surface area contributed by atoms with Gasteiger partial charge in [-0.1, -0.05) is 12.8 Å². The van der Waals surface area contributed by atoms with Gasteiger partial charge in [0.05, 0.1) is 6.04 Å². The molecular weight excluding hydrogens is 250 g/mol. The van der Waals surface area contributed by atoms with E-state index in [2.05, 4.69) is 29.4 Å². The second-order valence-corrected chi connectivity index (χ2v) is 6.64. The van der Waals surface area contributed by atoms with Gasteiger partial charge in [-0.05, 0) is 59.0 Å². The van der Waals surface area contributed by atoms with Crippen molar-refractivity contribution in [1.82, 2.24) is 15.5 Å². The van der Waals surface area contributed by atoms with Crippen LogP contribution in [0.1, 0.15) is 52.4 Å². The third kappa shape index (κ3) is 3.95. The Labute approximate surface area is 123 Å². The molecule has 20 heavy (non-hydrogen) atoms. The number of nitrogens with one attached hydrogen (secondary N) is 2. The molecule has 0 aromatic heterocycles. The van der Waals surface area contributed by atoms with E-state index in [4.69, 9.17) is 0 Å². The fourth-order valence-corrected chi connectivity index (χ4v) is 3.59. The van der Waals surface area contributed by atoms with Crippen molar-refractivity contribution < 1.29 is 4.79 Å². The number of nitrogens with zero attached hydrogens (tertiary/aromatic N) is 1. The van der Waals surface area contributed by atoms with E-state index in [0.29, 0.717) is 18.0 Å². The average molecular weight is 281 g/mol. The predicted octanol–water partition coefficient (Wildman–Crippen LogP) is 1.75. The first-order valence-corrected chi connectivity index (χ1v) is 8.33. The van der Waals surface area contributed by atoms with Crippen LogP contribution in [-0.4, -0.2) is 49.1 Å². The van der Waals surface area contributed by atoms with Gasteiger partial charge in [-0.15, -0.1) is 0 Å². The molecule has 1 aliphatic heterocycles. The van der Waals surface area contributed by atoms with E-state index in [1.807, 2.05) is 7.05 Å². The van der Waals surface area contributed by atoms with Crippen LogP contribution in [0.5, 0.6) is 0 Å². The van der Waals surface area contributed by atoms with Gasteiger partial charge < -0.3 is 10.6 Å². The van der Waals surface area contributed by atoms with Crippen molar-refractivity contribution >= 4 is 5.91 Å². The van der Waals surface area contributed by atoms with Crippen molar-refractivity contribution in [1.29, 1.82) is 0 Å². The Bertz CT molecular complexity index is 315. The highest BCUT2D eigenvalue weighted by Gasteiger charge is 2.30. The summed E-state index contributed by atoms with van der Waals surface area (Å²) in [5.74, 6) is 0.894. The summed E-state index contributed by atoms with van der Waals surface area (Å²) in [6, 6.07) is 0.979. The molecule has 3 unspecified atom stereocenters. The van der Waals surface area contributed by atoms with Gasteiger partial charge in [-0.3, -0.25) is 9.69 Å². The number of piperidine rings is 1. The summed E-state index contributed by atoms with van der Waals surface area (Å²) in [6.07, 6.45) is 7.35. The molecule has 0 bridgehead atoms. The molecule has 4 nitrogen and oxygen atoms in total. The van der Waals surface area contributed by atoms with Gasteiger partial charge in [0.25, 0.3) is 0 Å². The van der Waals surface area contributed by atoms with Crippen molar-refractivity contribution in [3.05, 3.63) is 0 Å². The third-order valence-corrected chi connectivity index (χ3v) is 5.28. The minimum absolute atomic E-state index is 0.0162. The van der Waals surface area contributed by atoms with Crippen LogP contribution >= 0.6 is 0 Å². The Hall–Kier alpha value is -0.610. The maximum absolute atomic E-state index is 12.4. The van der Waals surface area contributed by atoms with Crippen LogP contribution in [0.25, 0.3) is 0 Å². The lowest BCUT2D eigenvalue weighted by molar-refractivity contribution is -0.127. The summed E-state index contributed by atoms with van der Waals surface area (Å²) >= 11 is 0. The molecule has 1 saturated heterocycles. The van der Waals surface area contributed by atoms with Crippen LogP contribution in [0.15, 0.2) is 0 Å². The minimum atomic E-state index is 0.0162. The molecule has 2 N–H and O–H groups in total. The van der Waals surface area contributed by atoms with Crippen LogP contribution in [0.2, 0.25) is 0 Å². The second kappa shape index (κ2) is 7.41. The summed E-state index contributed by atoms with van der Waals surface area (Å²) in [5.41, 5.74) is 0. The standard InChI is InChI=1S/C16H31N3O/c1-12(17-3)14-7-6-10-19(11-14)13(2)16(20)18-15-8-4-5-9-15/h12-15,17H,4-11H2,1-3H3,(H,18,20). The Kier molecular flexibility index (Phi) is 5.85. The molecule has 0 aromatic rings. The Balaban J connectivity index is 1.83. The van der Waals surface area contributed by atoms with Gasteiger partial charge in [-0.2, -0.15) is 0 Å². The normalized spacial score (nSPS) is 28.2. The highest BCUT2D eigenvalue weighted by atomic mass is 16.2. The average Bonchev–Trinajstić information content (AvgIpc) is 2.98. The number of hydrogen-bond acceptors (Lipinski definition) is 3. The highest BCUT2D eigenvalue weighted by Crippen LogP contribution is 2.22. The number of carbonyl (C=O) groups excluding carboxylic acids is 1. The van der Waals surface area contributed by atoms with Crippen molar-refractivity contribution in [2.24, 2.45) is 5.92 Å². The zero-order valence-corrected chi connectivity index (χ0v) is 13.3. The molecule has 2 fully saturated rings. The third-order valence-electron chi connectivity index (χ3n) is 5.28. The van der Waals surface area contributed by atoms with Crippen molar-refractivity contribution in [3.8, 4) is 0 Å². The Morgan fingerprint density at radius 2 is 1.85 bits per heavy atom. The van der Waals surface area contributed by atoms with Gasteiger partial charge in [0.1, 0.15) is 0 Å². The molecule has 116 valence electrons. The maximum Gasteiger partial charge on any atom is 0.237 e. The molecule has 2 aliphatic rings. The zero-order chi connectivity index (χ0) is 14.5. The van der Waals surface area contributed by atoms with Crippen molar-refractivity contribution in [2.45, 2.75) is 70.5 Å². The van der Waals surface area contributed by atoms with Crippen LogP contribution in [0.3, 0.4) is 0 Å². The molecule has 0 spiro atoms. The largest absolute Gasteiger partial charge is 0.352 e. The quantitative estimate of drug-likeness (QED) is 0.807. The molecule has 4 heteroatoms. The molecule has 0 aromatic carbocycles. The van der Waals surface area contributed by atoms with Gasteiger partial charge in [0.15, 0.2) is 0 Å². The maximum atomic E-state index is 12.4. The second-order valence-electron chi connectivity index (χ2n) is 6.64. The summed E-state index contributed by atoms with van der Waals surface area (Å²) in [6.45, 7) is 6.42. The molecule has 0 radical (unpaired) electrons. The van der Waals surface area contributed by atoms with Crippen LogP contribution in [-0.2, 0) is 4.79 Å². The fraction of sp³-hybridized carbons (Fsp3) is 0.938. The first-order valence-electron chi connectivity index (χ1n) is 8.33. The SMILES string of the molecule is CNC(C)C1CCCN(C(C)C(=O)NC2CCCC2)C1. The first kappa shape index (κ1) is 15.8. The van der Waals surface area contributed by atoms with E-state index >= 15 is 0 Å². The molecule has 1 amide bonds. The zero-order valence-electron chi connectivity index (χ0n) is 13.3. The molecule has 2 rings (SSSR count). The molecular formula is C16H31N3O. The minimum Gasteiger partial charge on any atom is -0.352 e. The Morgan fingerprint density at radius 1 is 1.15 bits per heavy atom. The lowest BCUT2D eigenvalue weighted by Crippen LogP contribution is -2.52. The number of carbonyl (C=O) groups is 1. The smallest absolute Gasteiger partial charge is 0.237 e. The van der Waals surface area contributed by atoms with Gasteiger partial charge in [-0.25, -0.2) is 0 Å². The molecule has 1 aliphatic carbocycles. The van der Waals surface area contributed by atoms with Crippen LogP contribution in [0.4, 0.5) is 0 Å².